The first-order chi connectivity index (χ1) is 10.7. The number of benzene rings is 1. The quantitative estimate of drug-likeness (QED) is 0.786. The van der Waals surface area contributed by atoms with Crippen LogP contribution in [0.1, 0.15) is 20.8 Å². The number of alkyl halides is 3. The number of amides is 1. The third kappa shape index (κ3) is 4.54. The lowest BCUT2D eigenvalue weighted by Gasteiger charge is -2.13. The van der Waals surface area contributed by atoms with E-state index in [-0.39, 0.29) is 26.2 Å². The number of carbonyl (C=O) groups is 1. The minimum absolute atomic E-state index is 0.0549. The summed E-state index contributed by atoms with van der Waals surface area (Å²) in [5.74, 6) is -0.630. The van der Waals surface area contributed by atoms with Crippen LogP contribution in [-0.2, 0) is 23.8 Å². The molecule has 10 heteroatoms. The number of nitrogens with one attached hydrogen (secondary N) is 1. The maximum atomic E-state index is 12.9. The molecule has 0 bridgehead atoms. The van der Waals surface area contributed by atoms with Crippen LogP contribution in [0.2, 0.25) is 5.02 Å². The Balaban J connectivity index is 2.14. The molecule has 0 saturated carbocycles. The highest BCUT2D eigenvalue weighted by Crippen LogP contribution is 2.33. The van der Waals surface area contributed by atoms with Gasteiger partial charge in [0.15, 0.2) is 11.1 Å². The van der Waals surface area contributed by atoms with E-state index in [4.69, 9.17) is 16.2 Å². The molecule has 2 aromatic rings. The van der Waals surface area contributed by atoms with Gasteiger partial charge in [-0.2, -0.15) is 13.2 Å². The molecule has 2 rings (SSSR count). The van der Waals surface area contributed by atoms with Crippen molar-refractivity contribution in [2.75, 3.05) is 0 Å². The maximum Gasteiger partial charge on any atom is 0.416 e. The monoisotopic (exact) mass is 383 g/mol. The fourth-order valence-electron chi connectivity index (χ4n) is 1.77. The van der Waals surface area contributed by atoms with Crippen LogP contribution >= 0.6 is 22.9 Å². The Labute approximate surface area is 140 Å². The van der Waals surface area contributed by atoms with Crippen LogP contribution in [0.15, 0.2) is 34.5 Å². The highest BCUT2D eigenvalue weighted by molar-refractivity contribution is 7.81. The number of hydrogen-bond acceptors (Lipinski definition) is 3. The van der Waals surface area contributed by atoms with Crippen molar-refractivity contribution in [3.8, 4) is 0 Å². The van der Waals surface area contributed by atoms with Crippen LogP contribution in [0.5, 0.6) is 0 Å². The van der Waals surface area contributed by atoms with Gasteiger partial charge in [0.05, 0.1) is 10.4 Å². The Kier molecular flexibility index (Phi) is 5.45. The average molecular weight is 384 g/mol. The third-order valence-electron chi connectivity index (χ3n) is 2.79. The summed E-state index contributed by atoms with van der Waals surface area (Å²) in [5, 5.41) is 2.29. The van der Waals surface area contributed by atoms with Crippen molar-refractivity contribution in [2.45, 2.75) is 16.9 Å². The van der Waals surface area contributed by atoms with E-state index in [1.807, 2.05) is 0 Å². The molecule has 23 heavy (non-hydrogen) atoms. The zero-order chi connectivity index (χ0) is 17.2. The normalized spacial score (nSPS) is 12.9. The SMILES string of the molecule is O=C(NCc1ccc(Cl)cc1C(F)(F)F)c1ccc(S(=O)O)s1. The van der Waals surface area contributed by atoms with E-state index in [2.05, 4.69) is 5.32 Å². The smallest absolute Gasteiger partial charge is 0.347 e. The lowest BCUT2D eigenvalue weighted by Crippen LogP contribution is -2.23. The first kappa shape index (κ1) is 17.9. The second-order valence-electron chi connectivity index (χ2n) is 4.35. The molecule has 1 atom stereocenters. The molecule has 0 aliphatic rings. The average Bonchev–Trinajstić information content (AvgIpc) is 2.94. The van der Waals surface area contributed by atoms with Crippen molar-refractivity contribution in [1.29, 1.82) is 0 Å². The van der Waals surface area contributed by atoms with Gasteiger partial charge in [-0.1, -0.05) is 17.7 Å². The first-order valence-electron chi connectivity index (χ1n) is 6.03. The Bertz CT molecular complexity index is 761. The molecule has 0 fully saturated rings. The summed E-state index contributed by atoms with van der Waals surface area (Å²) in [6.07, 6.45) is -4.59. The maximum absolute atomic E-state index is 12.9. The van der Waals surface area contributed by atoms with E-state index in [1.54, 1.807) is 0 Å². The van der Waals surface area contributed by atoms with Crippen molar-refractivity contribution in [2.24, 2.45) is 0 Å². The number of halogens is 4. The predicted molar refractivity (Wildman–Crippen MR) is 81.0 cm³/mol. The molecule has 1 heterocycles. The van der Waals surface area contributed by atoms with Crippen molar-refractivity contribution < 1.29 is 26.7 Å². The molecule has 2 N–H and O–H groups in total. The van der Waals surface area contributed by atoms with Gasteiger partial charge in [0.2, 0.25) is 0 Å². The van der Waals surface area contributed by atoms with Crippen LogP contribution in [-0.4, -0.2) is 14.7 Å². The van der Waals surface area contributed by atoms with E-state index in [9.17, 15) is 22.2 Å². The molecule has 1 aromatic carbocycles. The van der Waals surface area contributed by atoms with Crippen molar-refractivity contribution >= 4 is 39.9 Å². The molecule has 0 aliphatic heterocycles. The van der Waals surface area contributed by atoms with Gasteiger partial charge >= 0.3 is 6.18 Å². The van der Waals surface area contributed by atoms with Crippen LogP contribution < -0.4 is 5.32 Å². The summed E-state index contributed by atoms with van der Waals surface area (Å²) >= 11 is 4.16. The molecular weight excluding hydrogens is 375 g/mol. The van der Waals surface area contributed by atoms with Crippen molar-refractivity contribution in [3.05, 3.63) is 51.4 Å². The molecule has 1 amide bonds. The first-order valence-corrected chi connectivity index (χ1v) is 8.33. The van der Waals surface area contributed by atoms with Gasteiger partial charge in [0.25, 0.3) is 5.91 Å². The van der Waals surface area contributed by atoms with Gasteiger partial charge in [0.1, 0.15) is 4.21 Å². The molecule has 1 aromatic heterocycles. The van der Waals surface area contributed by atoms with Crippen molar-refractivity contribution in [3.63, 3.8) is 0 Å². The molecule has 0 spiro atoms. The molecule has 1 unspecified atom stereocenters. The Morgan fingerprint density at radius 3 is 2.57 bits per heavy atom. The largest absolute Gasteiger partial charge is 0.416 e. The molecule has 4 nitrogen and oxygen atoms in total. The lowest BCUT2D eigenvalue weighted by atomic mass is 10.1. The second kappa shape index (κ2) is 7.00. The number of thiophene rings is 1. The Morgan fingerprint density at radius 1 is 1.30 bits per heavy atom. The van der Waals surface area contributed by atoms with Gasteiger partial charge in [-0.3, -0.25) is 4.79 Å². The molecule has 124 valence electrons. The summed E-state index contributed by atoms with van der Waals surface area (Å²) < 4.78 is 58.6. The molecule has 0 aliphatic carbocycles. The van der Waals surface area contributed by atoms with Gasteiger partial charge in [-0.25, -0.2) is 4.21 Å². The van der Waals surface area contributed by atoms with Gasteiger partial charge < -0.3 is 9.87 Å². The Hall–Kier alpha value is -1.42. The fraction of sp³-hybridized carbons (Fsp3) is 0.154. The van der Waals surface area contributed by atoms with E-state index in [0.29, 0.717) is 0 Å². The van der Waals surface area contributed by atoms with Gasteiger partial charge in [0, 0.05) is 11.6 Å². The Morgan fingerprint density at radius 2 is 2.00 bits per heavy atom. The predicted octanol–water partition coefficient (Wildman–Crippen LogP) is 3.93. The standard InChI is InChI=1S/C13H9ClF3NO3S2/c14-8-2-1-7(9(5-8)13(15,16)17)6-18-12(19)10-3-4-11(22-10)23(20)21/h1-5H,6H2,(H,18,19)(H,20,21). The van der Waals surface area contributed by atoms with E-state index >= 15 is 0 Å². The van der Waals surface area contributed by atoms with Crippen LogP contribution in [0, 0.1) is 0 Å². The van der Waals surface area contributed by atoms with Gasteiger partial charge in [-0.05, 0) is 29.8 Å². The summed E-state index contributed by atoms with van der Waals surface area (Å²) in [7, 11) is 0. The minimum Gasteiger partial charge on any atom is -0.347 e. The van der Waals surface area contributed by atoms with Crippen LogP contribution in [0.3, 0.4) is 0 Å². The molecule has 0 radical (unpaired) electrons. The zero-order valence-electron chi connectivity index (χ0n) is 11.2. The fourth-order valence-corrected chi connectivity index (χ4v) is 3.33. The van der Waals surface area contributed by atoms with Crippen LogP contribution in [0.4, 0.5) is 13.2 Å². The summed E-state index contributed by atoms with van der Waals surface area (Å²) in [6, 6.07) is 5.92. The highest BCUT2D eigenvalue weighted by atomic mass is 35.5. The lowest BCUT2D eigenvalue weighted by molar-refractivity contribution is -0.138. The topological polar surface area (TPSA) is 66.4 Å². The second-order valence-corrected chi connectivity index (χ2v) is 7.07. The van der Waals surface area contributed by atoms with Crippen molar-refractivity contribution in [1.82, 2.24) is 5.32 Å². The summed E-state index contributed by atoms with van der Waals surface area (Å²) in [4.78, 5) is 12.0. The zero-order valence-corrected chi connectivity index (χ0v) is 13.6. The minimum atomic E-state index is -4.59. The van der Waals surface area contributed by atoms with E-state index in [1.165, 1.54) is 24.3 Å². The molecular formula is C13H9ClF3NO3S2. The highest BCUT2D eigenvalue weighted by Gasteiger charge is 2.33. The van der Waals surface area contributed by atoms with E-state index in [0.717, 1.165) is 17.4 Å². The van der Waals surface area contributed by atoms with Crippen LogP contribution in [0.25, 0.3) is 0 Å². The molecule has 0 saturated heterocycles. The van der Waals surface area contributed by atoms with E-state index < -0.39 is 28.7 Å². The summed E-state index contributed by atoms with van der Waals surface area (Å²) in [5.41, 5.74) is -1.05. The van der Waals surface area contributed by atoms with Gasteiger partial charge in [-0.15, -0.1) is 11.3 Å². The number of hydrogen-bond donors (Lipinski definition) is 2. The number of carbonyl (C=O) groups excluding carboxylic acids is 1. The number of rotatable bonds is 4. The summed E-state index contributed by atoms with van der Waals surface area (Å²) in [6.45, 7) is -0.347. The third-order valence-corrected chi connectivity index (χ3v) is 5.07.